The summed E-state index contributed by atoms with van der Waals surface area (Å²) >= 11 is 4.18. The monoisotopic (exact) mass is 550 g/mol. The molecule has 2 aromatic rings. The van der Waals surface area contributed by atoms with Crippen LogP contribution in [0.3, 0.4) is 0 Å². The number of hydrogen-bond acceptors (Lipinski definition) is 9. The van der Waals surface area contributed by atoms with Crippen LogP contribution in [0, 0.1) is 10.1 Å². The van der Waals surface area contributed by atoms with Gasteiger partial charge in [0.25, 0.3) is 16.8 Å². The number of non-ortho nitro benzene ring substituents is 1. The SMILES string of the molecule is CCOc1cc(/C=C2\SC(=O)N(Cc3ccc([N+](=O)[O-])cc3)C2=O)cc(Br)c1OCC(=O)OC. The number of nitro groups is 1. The lowest BCUT2D eigenvalue weighted by molar-refractivity contribution is -0.384. The van der Waals surface area contributed by atoms with Gasteiger partial charge in [-0.15, -0.1) is 0 Å². The van der Waals surface area contributed by atoms with Crippen LogP contribution >= 0.6 is 27.7 Å². The Morgan fingerprint density at radius 1 is 1.21 bits per heavy atom. The van der Waals surface area contributed by atoms with Gasteiger partial charge in [-0.2, -0.15) is 0 Å². The van der Waals surface area contributed by atoms with Crippen molar-refractivity contribution < 1.29 is 33.5 Å². The highest BCUT2D eigenvalue weighted by Crippen LogP contribution is 2.39. The molecule has 12 heteroatoms. The molecule has 1 aliphatic heterocycles. The maximum Gasteiger partial charge on any atom is 0.343 e. The van der Waals surface area contributed by atoms with Crippen LogP contribution < -0.4 is 9.47 Å². The zero-order valence-electron chi connectivity index (χ0n) is 18.1. The molecule has 0 unspecified atom stereocenters. The Kier molecular flexibility index (Phi) is 8.29. The number of thioether (sulfide) groups is 1. The maximum atomic E-state index is 12.9. The minimum atomic E-state index is -0.555. The fourth-order valence-electron chi connectivity index (χ4n) is 2.96. The maximum absolute atomic E-state index is 12.9. The Labute approximate surface area is 207 Å². The molecule has 1 heterocycles. The Morgan fingerprint density at radius 3 is 2.53 bits per heavy atom. The van der Waals surface area contributed by atoms with Gasteiger partial charge in [-0.1, -0.05) is 12.1 Å². The predicted molar refractivity (Wildman–Crippen MR) is 127 cm³/mol. The van der Waals surface area contributed by atoms with Crippen LogP contribution in [0.15, 0.2) is 45.8 Å². The Hall–Kier alpha value is -3.38. The Morgan fingerprint density at radius 2 is 1.91 bits per heavy atom. The number of methoxy groups -OCH3 is 1. The van der Waals surface area contributed by atoms with E-state index in [-0.39, 0.29) is 23.7 Å². The summed E-state index contributed by atoms with van der Waals surface area (Å²) in [5.74, 6) is -0.388. The zero-order valence-corrected chi connectivity index (χ0v) is 20.5. The van der Waals surface area contributed by atoms with Crippen LogP contribution in [0.4, 0.5) is 10.5 Å². The summed E-state index contributed by atoms with van der Waals surface area (Å²) in [7, 11) is 1.25. The summed E-state index contributed by atoms with van der Waals surface area (Å²) in [6.07, 6.45) is 1.55. The molecule has 0 radical (unpaired) electrons. The number of nitro benzene ring substituents is 1. The molecule has 0 N–H and O–H groups in total. The second kappa shape index (κ2) is 11.2. The number of imide groups is 1. The van der Waals surface area contributed by atoms with E-state index in [1.807, 2.05) is 0 Å². The van der Waals surface area contributed by atoms with Crippen molar-refractivity contribution in [3.8, 4) is 11.5 Å². The molecule has 0 aliphatic carbocycles. The molecule has 10 nitrogen and oxygen atoms in total. The summed E-state index contributed by atoms with van der Waals surface area (Å²) in [6.45, 7) is 1.80. The first kappa shape index (κ1) is 25.2. The summed E-state index contributed by atoms with van der Waals surface area (Å²) in [5.41, 5.74) is 1.08. The second-order valence-corrected chi connectivity index (χ2v) is 8.67. The van der Waals surface area contributed by atoms with E-state index in [1.54, 1.807) is 25.1 Å². The van der Waals surface area contributed by atoms with E-state index in [4.69, 9.17) is 9.47 Å². The van der Waals surface area contributed by atoms with E-state index in [1.165, 1.54) is 31.4 Å². The van der Waals surface area contributed by atoms with Crippen LogP contribution in [0.2, 0.25) is 0 Å². The standard InChI is InChI=1S/C22H19BrN2O8S/c1-3-32-17-9-14(8-16(23)20(17)33-12-19(26)31-2)10-18-21(27)24(22(28)34-18)11-13-4-6-15(7-5-13)25(29)30/h4-10H,3,11-12H2,1-2H3/b18-10-. The average Bonchev–Trinajstić information content (AvgIpc) is 3.06. The molecular formula is C22H19BrN2O8S. The zero-order chi connectivity index (χ0) is 24.8. The van der Waals surface area contributed by atoms with Crippen molar-refractivity contribution in [2.24, 2.45) is 0 Å². The first-order chi connectivity index (χ1) is 16.2. The third kappa shape index (κ3) is 5.94. The fraction of sp³-hybridized carbons (Fsp3) is 0.227. The number of carbonyl (C=O) groups is 3. The molecule has 1 saturated heterocycles. The third-order valence-corrected chi connectivity index (χ3v) is 6.05. The molecule has 2 aromatic carbocycles. The van der Waals surface area contributed by atoms with Crippen LogP contribution in [-0.2, 0) is 20.9 Å². The predicted octanol–water partition coefficient (Wildman–Crippen LogP) is 4.54. The number of nitrogens with zero attached hydrogens (tertiary/aromatic N) is 2. The highest BCUT2D eigenvalue weighted by molar-refractivity contribution is 9.10. The smallest absolute Gasteiger partial charge is 0.343 e. The highest BCUT2D eigenvalue weighted by Gasteiger charge is 2.35. The van der Waals surface area contributed by atoms with Gasteiger partial charge in [0.2, 0.25) is 0 Å². The Balaban J connectivity index is 1.81. The Bertz CT molecular complexity index is 1170. The van der Waals surface area contributed by atoms with E-state index in [0.29, 0.717) is 33.7 Å². The minimum absolute atomic E-state index is 0.00576. The molecule has 0 atom stereocenters. The van der Waals surface area contributed by atoms with E-state index in [0.717, 1.165) is 16.7 Å². The average molecular weight is 551 g/mol. The van der Waals surface area contributed by atoms with E-state index in [9.17, 15) is 24.5 Å². The lowest BCUT2D eigenvalue weighted by Crippen LogP contribution is -2.27. The molecule has 0 aromatic heterocycles. The molecular weight excluding hydrogens is 532 g/mol. The molecule has 178 valence electrons. The number of carbonyl (C=O) groups excluding carboxylic acids is 3. The molecule has 1 aliphatic rings. The van der Waals surface area contributed by atoms with Crippen LogP contribution in [0.5, 0.6) is 11.5 Å². The third-order valence-electron chi connectivity index (χ3n) is 4.55. The fourth-order valence-corrected chi connectivity index (χ4v) is 4.37. The molecule has 0 saturated carbocycles. The summed E-state index contributed by atoms with van der Waals surface area (Å²) < 4.78 is 16.2. The summed E-state index contributed by atoms with van der Waals surface area (Å²) in [6, 6.07) is 8.94. The van der Waals surface area contributed by atoms with Gasteiger partial charge in [0.15, 0.2) is 18.1 Å². The minimum Gasteiger partial charge on any atom is -0.490 e. The number of benzene rings is 2. The quantitative estimate of drug-likeness (QED) is 0.191. The van der Waals surface area contributed by atoms with Gasteiger partial charge in [0.05, 0.1) is 34.6 Å². The highest BCUT2D eigenvalue weighted by atomic mass is 79.9. The van der Waals surface area contributed by atoms with E-state index < -0.39 is 22.0 Å². The van der Waals surface area contributed by atoms with Gasteiger partial charge in [0, 0.05) is 12.1 Å². The first-order valence-corrected chi connectivity index (χ1v) is 11.5. The van der Waals surface area contributed by atoms with Gasteiger partial charge < -0.3 is 14.2 Å². The molecule has 34 heavy (non-hydrogen) atoms. The van der Waals surface area contributed by atoms with Gasteiger partial charge in [-0.25, -0.2) is 4.79 Å². The molecule has 0 bridgehead atoms. The lowest BCUT2D eigenvalue weighted by atomic mass is 10.1. The molecule has 1 fully saturated rings. The molecule has 3 rings (SSSR count). The van der Waals surface area contributed by atoms with Crippen molar-refractivity contribution in [1.29, 1.82) is 0 Å². The molecule has 2 amide bonds. The van der Waals surface area contributed by atoms with Crippen molar-refractivity contribution in [3.05, 3.63) is 67.0 Å². The van der Waals surface area contributed by atoms with Gasteiger partial charge in [-0.3, -0.25) is 24.6 Å². The van der Waals surface area contributed by atoms with Gasteiger partial charge in [0.1, 0.15) is 0 Å². The van der Waals surface area contributed by atoms with E-state index in [2.05, 4.69) is 20.7 Å². The van der Waals surface area contributed by atoms with Crippen molar-refractivity contribution in [2.45, 2.75) is 13.5 Å². The van der Waals surface area contributed by atoms with Crippen LogP contribution in [0.1, 0.15) is 18.1 Å². The normalized spacial score (nSPS) is 14.4. The number of hydrogen-bond donors (Lipinski definition) is 0. The lowest BCUT2D eigenvalue weighted by Gasteiger charge is -2.14. The van der Waals surface area contributed by atoms with Crippen molar-refractivity contribution in [2.75, 3.05) is 20.3 Å². The summed E-state index contributed by atoms with van der Waals surface area (Å²) in [5, 5.41) is 10.4. The van der Waals surface area contributed by atoms with Gasteiger partial charge in [-0.05, 0) is 64.0 Å². The second-order valence-electron chi connectivity index (χ2n) is 6.82. The molecule has 0 spiro atoms. The topological polar surface area (TPSA) is 125 Å². The van der Waals surface area contributed by atoms with E-state index >= 15 is 0 Å². The van der Waals surface area contributed by atoms with Crippen LogP contribution in [0.25, 0.3) is 6.08 Å². The largest absolute Gasteiger partial charge is 0.490 e. The van der Waals surface area contributed by atoms with Crippen molar-refractivity contribution in [1.82, 2.24) is 4.90 Å². The van der Waals surface area contributed by atoms with Crippen molar-refractivity contribution in [3.63, 3.8) is 0 Å². The number of ether oxygens (including phenoxy) is 3. The number of amides is 2. The number of esters is 1. The van der Waals surface area contributed by atoms with Crippen LogP contribution in [-0.4, -0.2) is 47.3 Å². The number of halogens is 1. The number of rotatable bonds is 9. The summed E-state index contributed by atoms with van der Waals surface area (Å²) in [4.78, 5) is 48.3. The van der Waals surface area contributed by atoms with Crippen molar-refractivity contribution >= 4 is 56.6 Å². The van der Waals surface area contributed by atoms with Gasteiger partial charge >= 0.3 is 5.97 Å². The first-order valence-electron chi connectivity index (χ1n) is 9.88.